The van der Waals surface area contributed by atoms with Crippen molar-refractivity contribution in [1.82, 2.24) is 0 Å². The molecule has 184 valence electrons. The number of phenolic OH excluding ortho intramolecular Hbond substituents is 2. The predicted octanol–water partition coefficient (Wildman–Crippen LogP) is 2.07. The number of ether oxygens (including phenoxy) is 3. The Morgan fingerprint density at radius 3 is 2.46 bits per heavy atom. The van der Waals surface area contributed by atoms with Gasteiger partial charge >= 0.3 is 0 Å². The van der Waals surface area contributed by atoms with Gasteiger partial charge in [0.1, 0.15) is 17.2 Å². The topological polar surface area (TPSA) is 169 Å². The number of aliphatic hydroxyl groups excluding tert-OH is 2. The molecule has 0 unspecified atom stereocenters. The molecule has 0 bridgehead atoms. The average Bonchev–Trinajstić information content (AvgIpc) is 2.82. The largest absolute Gasteiger partial charge is 0.512 e. The van der Waals surface area contributed by atoms with E-state index in [1.54, 1.807) is 13.0 Å². The third-order valence-corrected chi connectivity index (χ3v) is 6.79. The van der Waals surface area contributed by atoms with Crippen LogP contribution in [0.4, 0.5) is 0 Å². The quantitative estimate of drug-likeness (QED) is 0.348. The van der Waals surface area contributed by atoms with E-state index < -0.39 is 53.7 Å². The number of nitrogens with two attached hydrogens (primary N) is 1. The van der Waals surface area contributed by atoms with Gasteiger partial charge in [0.2, 0.25) is 5.78 Å². The highest BCUT2D eigenvalue weighted by atomic mass is 16.7. The van der Waals surface area contributed by atoms with Crippen molar-refractivity contribution >= 4 is 17.6 Å². The molecule has 2 aromatic rings. The first-order valence-electron chi connectivity index (χ1n) is 11.2. The molecule has 1 fully saturated rings. The highest BCUT2D eigenvalue weighted by Gasteiger charge is 2.43. The average molecular weight is 483 g/mol. The van der Waals surface area contributed by atoms with E-state index in [1.807, 2.05) is 0 Å². The molecule has 3 aliphatic rings. The van der Waals surface area contributed by atoms with Crippen molar-refractivity contribution < 1.29 is 44.2 Å². The van der Waals surface area contributed by atoms with Crippen LogP contribution in [0.5, 0.6) is 17.2 Å². The van der Waals surface area contributed by atoms with Crippen LogP contribution in [0, 0.1) is 0 Å². The van der Waals surface area contributed by atoms with E-state index in [0.717, 1.165) is 0 Å². The number of carbonyl (C=O) groups is 2. The predicted molar refractivity (Wildman–Crippen MR) is 122 cm³/mol. The molecule has 35 heavy (non-hydrogen) atoms. The van der Waals surface area contributed by atoms with E-state index >= 15 is 0 Å². The second-order valence-electron chi connectivity index (χ2n) is 8.94. The fraction of sp³-hybridized carbons (Fsp3) is 0.360. The Bertz CT molecular complexity index is 1270. The molecule has 0 spiro atoms. The third-order valence-electron chi connectivity index (χ3n) is 6.79. The van der Waals surface area contributed by atoms with Gasteiger partial charge in [-0.1, -0.05) is 12.1 Å². The second kappa shape index (κ2) is 8.35. The van der Waals surface area contributed by atoms with Gasteiger partial charge in [0.25, 0.3) is 0 Å². The number of fused-ring (bicyclic) bond motifs is 3. The van der Waals surface area contributed by atoms with Gasteiger partial charge < -0.3 is 40.4 Å². The van der Waals surface area contributed by atoms with Crippen molar-refractivity contribution in [2.24, 2.45) is 5.73 Å². The van der Waals surface area contributed by atoms with Crippen LogP contribution in [-0.2, 0) is 9.47 Å². The summed E-state index contributed by atoms with van der Waals surface area (Å²) in [5, 5.41) is 42.8. The monoisotopic (exact) mass is 483 g/mol. The van der Waals surface area contributed by atoms with Crippen molar-refractivity contribution in [1.29, 1.82) is 0 Å². The fourth-order valence-electron chi connectivity index (χ4n) is 5.05. The molecule has 0 radical (unpaired) electrons. The highest BCUT2D eigenvalue weighted by molar-refractivity contribution is 6.31. The number of methoxy groups -OCH3 is 1. The maximum Gasteiger partial charge on any atom is 0.202 e. The molecule has 2 aliphatic carbocycles. The zero-order chi connectivity index (χ0) is 25.2. The van der Waals surface area contributed by atoms with Crippen molar-refractivity contribution in [3.8, 4) is 17.2 Å². The lowest BCUT2D eigenvalue weighted by Gasteiger charge is -2.38. The Hall–Kier alpha value is -3.44. The molecule has 6 N–H and O–H groups in total. The summed E-state index contributed by atoms with van der Waals surface area (Å²) in [4.78, 5) is 26.8. The molecule has 0 aromatic heterocycles. The number of carbonyl (C=O) groups excluding carboxylic acids is 2. The number of rotatable bonds is 3. The Morgan fingerprint density at radius 1 is 1.06 bits per heavy atom. The summed E-state index contributed by atoms with van der Waals surface area (Å²) < 4.78 is 17.0. The van der Waals surface area contributed by atoms with E-state index in [-0.39, 0.29) is 57.7 Å². The minimum absolute atomic E-state index is 0.0155. The maximum absolute atomic E-state index is 13.5. The van der Waals surface area contributed by atoms with Gasteiger partial charge in [-0.3, -0.25) is 9.59 Å². The first-order valence-corrected chi connectivity index (χ1v) is 11.2. The van der Waals surface area contributed by atoms with Crippen LogP contribution in [0.15, 0.2) is 24.0 Å². The van der Waals surface area contributed by atoms with Crippen LogP contribution < -0.4 is 10.5 Å². The number of ketones is 2. The first kappa shape index (κ1) is 23.3. The molecule has 10 nitrogen and oxygen atoms in total. The Balaban J connectivity index is 1.64. The molecule has 0 saturated carbocycles. The van der Waals surface area contributed by atoms with E-state index in [0.29, 0.717) is 0 Å². The van der Waals surface area contributed by atoms with Gasteiger partial charge in [0.05, 0.1) is 47.9 Å². The molecule has 1 heterocycles. The SMILES string of the molecule is COc1cccc2c1C(=O)c1c(O)c3c(c(O)c1C2=O)C=C(O)C[C@@H]3O[C@H]1C[C@H](N)[C@H](O)[C@H](C)O1. The lowest BCUT2D eigenvalue weighted by molar-refractivity contribution is -0.241. The molecule has 2 aromatic carbocycles. The van der Waals surface area contributed by atoms with Crippen molar-refractivity contribution in [2.45, 2.75) is 50.4 Å². The Morgan fingerprint density at radius 2 is 1.77 bits per heavy atom. The van der Waals surface area contributed by atoms with E-state index in [4.69, 9.17) is 19.9 Å². The Kier molecular flexibility index (Phi) is 5.56. The summed E-state index contributed by atoms with van der Waals surface area (Å²) >= 11 is 0. The number of hydrogen-bond acceptors (Lipinski definition) is 10. The fourth-order valence-corrected chi connectivity index (χ4v) is 5.05. The molecule has 0 amide bonds. The van der Waals surface area contributed by atoms with Crippen molar-refractivity contribution in [3.63, 3.8) is 0 Å². The smallest absolute Gasteiger partial charge is 0.202 e. The van der Waals surface area contributed by atoms with Crippen LogP contribution in [-0.4, -0.2) is 63.6 Å². The first-order chi connectivity index (χ1) is 16.6. The summed E-state index contributed by atoms with van der Waals surface area (Å²) in [6, 6.07) is 3.89. The maximum atomic E-state index is 13.5. The third kappa shape index (κ3) is 3.49. The number of aliphatic hydroxyl groups is 2. The summed E-state index contributed by atoms with van der Waals surface area (Å²) in [6.45, 7) is 1.64. The summed E-state index contributed by atoms with van der Waals surface area (Å²) in [5.41, 5.74) is 5.28. The van der Waals surface area contributed by atoms with Gasteiger partial charge in [-0.15, -0.1) is 0 Å². The lowest BCUT2D eigenvalue weighted by Crippen LogP contribution is -2.51. The molecule has 5 atom stereocenters. The number of aromatic hydroxyl groups is 2. The van der Waals surface area contributed by atoms with Crippen LogP contribution in [0.2, 0.25) is 0 Å². The van der Waals surface area contributed by atoms with Crippen molar-refractivity contribution in [2.75, 3.05) is 7.11 Å². The standard InChI is InChI=1S/C25H25NO9/c1-9-21(28)13(26)8-16(34-9)35-15-7-10(27)6-12-18(15)25(32)20-19(23(12)30)22(29)11-4-3-5-14(33-2)17(11)24(20)31/h3-6,9,13,15-16,21,27-28,30,32H,7-8,26H2,1-2H3/t9-,13-,15-,16-,21+/m0/s1. The molecule has 10 heteroatoms. The summed E-state index contributed by atoms with van der Waals surface area (Å²) in [5.74, 6) is -2.45. The molecule has 1 saturated heterocycles. The zero-order valence-corrected chi connectivity index (χ0v) is 19.0. The van der Waals surface area contributed by atoms with Gasteiger partial charge in [-0.25, -0.2) is 0 Å². The minimum atomic E-state index is -1.03. The van der Waals surface area contributed by atoms with Gasteiger partial charge in [-0.2, -0.15) is 0 Å². The molecule has 1 aliphatic heterocycles. The molecular formula is C25H25NO9. The lowest BCUT2D eigenvalue weighted by atomic mass is 9.78. The second-order valence-corrected chi connectivity index (χ2v) is 8.94. The molecule has 5 rings (SSSR count). The Labute approximate surface area is 200 Å². The number of benzene rings is 2. The van der Waals surface area contributed by atoms with E-state index in [2.05, 4.69) is 0 Å². The normalized spacial score (nSPS) is 27.5. The number of phenols is 2. The summed E-state index contributed by atoms with van der Waals surface area (Å²) in [7, 11) is 1.36. The van der Waals surface area contributed by atoms with Crippen LogP contribution in [0.25, 0.3) is 6.08 Å². The van der Waals surface area contributed by atoms with Gasteiger partial charge in [0.15, 0.2) is 12.1 Å². The highest BCUT2D eigenvalue weighted by Crippen LogP contribution is 2.50. The van der Waals surface area contributed by atoms with E-state index in [9.17, 15) is 30.0 Å². The van der Waals surface area contributed by atoms with Crippen LogP contribution >= 0.6 is 0 Å². The number of hydrogen-bond donors (Lipinski definition) is 5. The zero-order valence-electron chi connectivity index (χ0n) is 19.0. The van der Waals surface area contributed by atoms with Crippen molar-refractivity contribution in [3.05, 3.63) is 57.3 Å². The van der Waals surface area contributed by atoms with Gasteiger partial charge in [0, 0.05) is 35.6 Å². The molecular weight excluding hydrogens is 458 g/mol. The van der Waals surface area contributed by atoms with Crippen LogP contribution in [0.1, 0.15) is 68.8 Å². The van der Waals surface area contributed by atoms with Gasteiger partial charge in [-0.05, 0) is 19.1 Å². The van der Waals surface area contributed by atoms with Crippen LogP contribution in [0.3, 0.4) is 0 Å². The summed E-state index contributed by atoms with van der Waals surface area (Å²) in [6.07, 6.45) is -2.15. The minimum Gasteiger partial charge on any atom is -0.512 e. The van der Waals surface area contributed by atoms with E-state index in [1.165, 1.54) is 25.3 Å².